The second kappa shape index (κ2) is 9.66. The van der Waals surface area contributed by atoms with Crippen LogP contribution in [0.15, 0.2) is 84.9 Å². The lowest BCUT2D eigenvalue weighted by atomic mass is 9.93. The minimum atomic E-state index is 1.22. The number of hydrogen-bond acceptors (Lipinski definition) is 0. The van der Waals surface area contributed by atoms with E-state index in [4.69, 9.17) is 0 Å². The molecule has 0 aromatic heterocycles. The molecule has 0 aliphatic carbocycles. The second-order valence-corrected chi connectivity index (χ2v) is 8.56. The molecule has 0 heterocycles. The Hall–Kier alpha value is -3.64. The minimum Gasteiger partial charge on any atom is -0.0622 e. The molecule has 0 radical (unpaired) electrons. The highest BCUT2D eigenvalue weighted by molar-refractivity contribution is 5.88. The van der Waals surface area contributed by atoms with Gasteiger partial charge in [0.2, 0.25) is 0 Å². The predicted molar refractivity (Wildman–Crippen MR) is 142 cm³/mol. The molecule has 0 atom stereocenters. The summed E-state index contributed by atoms with van der Waals surface area (Å²) >= 11 is 0. The van der Waals surface area contributed by atoms with E-state index >= 15 is 0 Å². The van der Waals surface area contributed by atoms with E-state index in [2.05, 4.69) is 137 Å². The Labute approximate surface area is 192 Å². The van der Waals surface area contributed by atoms with Crippen LogP contribution in [0.5, 0.6) is 0 Å². The third-order valence-electron chi connectivity index (χ3n) is 5.97. The van der Waals surface area contributed by atoms with Gasteiger partial charge in [-0.15, -0.1) is 0 Å². The zero-order valence-electron chi connectivity index (χ0n) is 19.4. The number of hydrogen-bond donors (Lipinski definition) is 0. The van der Waals surface area contributed by atoms with Gasteiger partial charge >= 0.3 is 0 Å². The third-order valence-corrected chi connectivity index (χ3v) is 5.97. The van der Waals surface area contributed by atoms with Gasteiger partial charge in [0.25, 0.3) is 0 Å². The Morgan fingerprint density at radius 2 is 1.03 bits per heavy atom. The molecule has 32 heavy (non-hydrogen) atoms. The molecule has 0 saturated carbocycles. The van der Waals surface area contributed by atoms with E-state index in [0.717, 1.165) is 0 Å². The highest BCUT2D eigenvalue weighted by Gasteiger charge is 2.07. The molecule has 0 spiro atoms. The summed E-state index contributed by atoms with van der Waals surface area (Å²) in [6.07, 6.45) is 9.00. The van der Waals surface area contributed by atoms with Crippen molar-refractivity contribution < 1.29 is 0 Å². The lowest BCUT2D eigenvalue weighted by Crippen LogP contribution is -1.89. The molecule has 0 unspecified atom stereocenters. The van der Waals surface area contributed by atoms with Crippen molar-refractivity contribution in [1.29, 1.82) is 0 Å². The van der Waals surface area contributed by atoms with Crippen LogP contribution in [0.25, 0.3) is 35.4 Å². The first-order chi connectivity index (χ1) is 15.5. The van der Waals surface area contributed by atoms with E-state index in [9.17, 15) is 0 Å². The van der Waals surface area contributed by atoms with Gasteiger partial charge in [0.1, 0.15) is 0 Å². The molecule has 4 rings (SSSR count). The van der Waals surface area contributed by atoms with Crippen molar-refractivity contribution in [2.24, 2.45) is 0 Å². The fourth-order valence-corrected chi connectivity index (χ4v) is 4.02. The molecule has 0 heteroatoms. The van der Waals surface area contributed by atoms with Gasteiger partial charge in [-0.1, -0.05) is 120 Å². The van der Waals surface area contributed by atoms with Crippen molar-refractivity contribution in [2.75, 3.05) is 0 Å². The zero-order chi connectivity index (χ0) is 22.5. The summed E-state index contributed by atoms with van der Waals surface area (Å²) in [6.45, 7) is 8.63. The smallest absolute Gasteiger partial charge is 0.0105 e. The first kappa shape index (κ1) is 21.6. The highest BCUT2D eigenvalue weighted by Crippen LogP contribution is 2.30. The standard InChI is InChI=1S/C32H30/c1-23-13-15-25(3)29(21-23)18-17-28-11-8-12-31(27-9-6-5-7-10-27)32(28)20-19-30-22-24(2)14-16-26(30)4/h5-22H,1-4H3. The molecular weight excluding hydrogens is 384 g/mol. The monoisotopic (exact) mass is 414 g/mol. The lowest BCUT2D eigenvalue weighted by molar-refractivity contribution is 1.38. The van der Waals surface area contributed by atoms with Gasteiger partial charge in [-0.3, -0.25) is 0 Å². The van der Waals surface area contributed by atoms with Crippen LogP contribution in [-0.4, -0.2) is 0 Å². The van der Waals surface area contributed by atoms with Gasteiger partial charge in [-0.05, 0) is 72.2 Å². The van der Waals surface area contributed by atoms with E-state index < -0.39 is 0 Å². The molecule has 0 aliphatic heterocycles. The fourth-order valence-electron chi connectivity index (χ4n) is 4.02. The minimum absolute atomic E-state index is 1.22. The molecule has 0 fully saturated rings. The third kappa shape index (κ3) is 4.98. The first-order valence-corrected chi connectivity index (χ1v) is 11.2. The summed E-state index contributed by atoms with van der Waals surface area (Å²) in [6, 6.07) is 30.4. The van der Waals surface area contributed by atoms with E-state index in [1.165, 1.54) is 55.6 Å². The summed E-state index contributed by atoms with van der Waals surface area (Å²) in [7, 11) is 0. The van der Waals surface area contributed by atoms with E-state index in [0.29, 0.717) is 0 Å². The van der Waals surface area contributed by atoms with Gasteiger partial charge in [-0.25, -0.2) is 0 Å². The van der Waals surface area contributed by atoms with Crippen LogP contribution in [0, 0.1) is 27.7 Å². The molecule has 0 N–H and O–H groups in total. The van der Waals surface area contributed by atoms with E-state index in [-0.39, 0.29) is 0 Å². The Kier molecular flexibility index (Phi) is 6.52. The van der Waals surface area contributed by atoms with Crippen molar-refractivity contribution in [2.45, 2.75) is 27.7 Å². The summed E-state index contributed by atoms with van der Waals surface area (Å²) in [5.74, 6) is 0. The Balaban J connectivity index is 1.83. The van der Waals surface area contributed by atoms with Crippen molar-refractivity contribution in [3.63, 3.8) is 0 Å². The summed E-state index contributed by atoms with van der Waals surface area (Å²) < 4.78 is 0. The van der Waals surface area contributed by atoms with Crippen molar-refractivity contribution >= 4 is 24.3 Å². The zero-order valence-corrected chi connectivity index (χ0v) is 19.4. The Morgan fingerprint density at radius 1 is 0.469 bits per heavy atom. The van der Waals surface area contributed by atoms with Crippen LogP contribution in [0.3, 0.4) is 0 Å². The molecule has 0 amide bonds. The van der Waals surface area contributed by atoms with Gasteiger partial charge in [0.05, 0.1) is 0 Å². The van der Waals surface area contributed by atoms with Crippen LogP contribution in [-0.2, 0) is 0 Å². The summed E-state index contributed by atoms with van der Waals surface area (Å²) in [5.41, 5.74) is 12.6. The molecule has 158 valence electrons. The van der Waals surface area contributed by atoms with E-state index in [1.54, 1.807) is 0 Å². The number of benzene rings is 4. The average molecular weight is 415 g/mol. The second-order valence-electron chi connectivity index (χ2n) is 8.56. The van der Waals surface area contributed by atoms with Gasteiger partial charge in [-0.2, -0.15) is 0 Å². The quantitative estimate of drug-likeness (QED) is 0.286. The Bertz CT molecular complexity index is 1290. The first-order valence-electron chi connectivity index (χ1n) is 11.2. The van der Waals surface area contributed by atoms with Crippen LogP contribution < -0.4 is 0 Å². The van der Waals surface area contributed by atoms with Crippen LogP contribution in [0.2, 0.25) is 0 Å². The van der Waals surface area contributed by atoms with Gasteiger partial charge in [0.15, 0.2) is 0 Å². The number of aryl methyl sites for hydroxylation is 4. The molecule has 0 saturated heterocycles. The van der Waals surface area contributed by atoms with Crippen molar-refractivity contribution in [3.05, 3.63) is 129 Å². The van der Waals surface area contributed by atoms with Gasteiger partial charge < -0.3 is 0 Å². The SMILES string of the molecule is Cc1ccc(C)c(C=Cc2cccc(-c3ccccc3)c2C=Cc2cc(C)ccc2C)c1. The lowest BCUT2D eigenvalue weighted by Gasteiger charge is -2.11. The molecule has 4 aromatic rings. The molecule has 4 aromatic carbocycles. The molecule has 0 bridgehead atoms. The van der Waals surface area contributed by atoms with Crippen molar-refractivity contribution in [1.82, 2.24) is 0 Å². The van der Waals surface area contributed by atoms with Gasteiger partial charge in [0, 0.05) is 0 Å². The molecule has 0 aliphatic rings. The maximum atomic E-state index is 2.27. The largest absolute Gasteiger partial charge is 0.0622 e. The highest BCUT2D eigenvalue weighted by atomic mass is 14.1. The van der Waals surface area contributed by atoms with Crippen LogP contribution in [0.1, 0.15) is 44.5 Å². The maximum Gasteiger partial charge on any atom is -0.0105 e. The molecular formula is C32H30. The fraction of sp³-hybridized carbons (Fsp3) is 0.125. The normalized spacial score (nSPS) is 11.5. The van der Waals surface area contributed by atoms with Crippen molar-refractivity contribution in [3.8, 4) is 11.1 Å². The maximum absolute atomic E-state index is 2.27. The summed E-state index contributed by atoms with van der Waals surface area (Å²) in [4.78, 5) is 0. The molecule has 0 nitrogen and oxygen atoms in total. The topological polar surface area (TPSA) is 0 Å². The van der Waals surface area contributed by atoms with Crippen LogP contribution >= 0.6 is 0 Å². The Morgan fingerprint density at radius 3 is 1.66 bits per heavy atom. The van der Waals surface area contributed by atoms with Crippen LogP contribution in [0.4, 0.5) is 0 Å². The predicted octanol–water partition coefficient (Wildman–Crippen LogP) is 8.93. The van der Waals surface area contributed by atoms with E-state index in [1.807, 2.05) is 0 Å². The summed E-state index contributed by atoms with van der Waals surface area (Å²) in [5, 5.41) is 0. The average Bonchev–Trinajstić information content (AvgIpc) is 2.81. The number of rotatable bonds is 5.